The molecule has 0 aliphatic rings. The standard InChI is InChI=1S/C11H12Cl2N2O3/c1-18-9-4-2-3-8(13)7(9)6-14-11(17)15-10(16)5-12/h2-4H,5-6H2,1H3,(H2,14,15,16,17). The highest BCUT2D eigenvalue weighted by Gasteiger charge is 2.10. The Morgan fingerprint density at radius 1 is 1.39 bits per heavy atom. The first kappa shape index (κ1) is 14.6. The van der Waals surface area contributed by atoms with E-state index in [0.29, 0.717) is 16.3 Å². The highest BCUT2D eigenvalue weighted by atomic mass is 35.5. The van der Waals surface area contributed by atoms with Crippen molar-refractivity contribution in [2.45, 2.75) is 6.54 Å². The summed E-state index contributed by atoms with van der Waals surface area (Å²) in [7, 11) is 1.51. The summed E-state index contributed by atoms with van der Waals surface area (Å²) < 4.78 is 5.12. The first-order valence-corrected chi connectivity index (χ1v) is 5.94. The minimum absolute atomic E-state index is 0.143. The van der Waals surface area contributed by atoms with Crippen LogP contribution in [0.1, 0.15) is 5.56 Å². The smallest absolute Gasteiger partial charge is 0.321 e. The SMILES string of the molecule is COc1cccc(Cl)c1CNC(=O)NC(=O)CCl. The van der Waals surface area contributed by atoms with Gasteiger partial charge >= 0.3 is 6.03 Å². The van der Waals surface area contributed by atoms with Gasteiger partial charge in [-0.15, -0.1) is 11.6 Å². The number of ether oxygens (including phenoxy) is 1. The van der Waals surface area contributed by atoms with Gasteiger partial charge in [0, 0.05) is 17.1 Å². The molecule has 0 bridgehead atoms. The predicted octanol–water partition coefficient (Wildman–Crippen LogP) is 1.91. The Kier molecular flexibility index (Phi) is 5.74. The molecule has 1 rings (SSSR count). The molecule has 3 amide bonds. The summed E-state index contributed by atoms with van der Waals surface area (Å²) >= 11 is 11.2. The monoisotopic (exact) mass is 290 g/mol. The van der Waals surface area contributed by atoms with Crippen LogP contribution in [0.3, 0.4) is 0 Å². The van der Waals surface area contributed by atoms with Gasteiger partial charge in [0.05, 0.1) is 7.11 Å². The number of nitrogens with one attached hydrogen (secondary N) is 2. The third-order valence-electron chi connectivity index (χ3n) is 2.10. The van der Waals surface area contributed by atoms with Crippen molar-refractivity contribution in [2.24, 2.45) is 0 Å². The molecule has 18 heavy (non-hydrogen) atoms. The molecule has 1 aromatic carbocycles. The highest BCUT2D eigenvalue weighted by molar-refractivity contribution is 6.31. The lowest BCUT2D eigenvalue weighted by Gasteiger charge is -2.11. The zero-order valence-electron chi connectivity index (χ0n) is 9.63. The molecule has 0 unspecified atom stereocenters. The van der Waals surface area contributed by atoms with Gasteiger partial charge in [0.25, 0.3) is 0 Å². The van der Waals surface area contributed by atoms with Gasteiger partial charge in [0.15, 0.2) is 0 Å². The Bertz CT molecular complexity index is 452. The largest absolute Gasteiger partial charge is 0.496 e. The highest BCUT2D eigenvalue weighted by Crippen LogP contribution is 2.25. The predicted molar refractivity (Wildman–Crippen MR) is 69.1 cm³/mol. The van der Waals surface area contributed by atoms with Crippen LogP contribution in [0.25, 0.3) is 0 Å². The van der Waals surface area contributed by atoms with E-state index >= 15 is 0 Å². The minimum atomic E-state index is -0.636. The molecule has 0 aliphatic carbocycles. The number of imide groups is 1. The Hall–Kier alpha value is -1.46. The summed E-state index contributed by atoms with van der Waals surface area (Å²) in [6.07, 6.45) is 0. The van der Waals surface area contributed by atoms with Crippen LogP contribution in [0.15, 0.2) is 18.2 Å². The van der Waals surface area contributed by atoms with E-state index in [4.69, 9.17) is 27.9 Å². The van der Waals surface area contributed by atoms with Crippen molar-refractivity contribution in [1.29, 1.82) is 0 Å². The van der Waals surface area contributed by atoms with E-state index in [1.54, 1.807) is 18.2 Å². The van der Waals surface area contributed by atoms with Crippen molar-refractivity contribution < 1.29 is 14.3 Å². The lowest BCUT2D eigenvalue weighted by molar-refractivity contribution is -0.117. The summed E-state index contributed by atoms with van der Waals surface area (Å²) in [5.74, 6) is -0.283. The van der Waals surface area contributed by atoms with Crippen LogP contribution in [-0.2, 0) is 11.3 Å². The zero-order chi connectivity index (χ0) is 13.5. The molecule has 0 spiro atoms. The number of carbonyl (C=O) groups excluding carboxylic acids is 2. The van der Waals surface area contributed by atoms with Crippen LogP contribution >= 0.6 is 23.2 Å². The summed E-state index contributed by atoms with van der Waals surface area (Å²) in [6.45, 7) is 0.143. The van der Waals surface area contributed by atoms with Gasteiger partial charge < -0.3 is 10.1 Å². The first-order valence-electron chi connectivity index (χ1n) is 5.03. The Morgan fingerprint density at radius 3 is 2.72 bits per heavy atom. The molecule has 0 saturated heterocycles. The van der Waals surface area contributed by atoms with Gasteiger partial charge in [-0.05, 0) is 12.1 Å². The normalized spacial score (nSPS) is 9.72. The van der Waals surface area contributed by atoms with E-state index < -0.39 is 11.9 Å². The molecule has 0 heterocycles. The molecule has 5 nitrogen and oxygen atoms in total. The number of rotatable bonds is 4. The van der Waals surface area contributed by atoms with Gasteiger partial charge in [-0.3, -0.25) is 10.1 Å². The second kappa shape index (κ2) is 7.08. The van der Waals surface area contributed by atoms with Crippen LogP contribution in [-0.4, -0.2) is 24.9 Å². The van der Waals surface area contributed by atoms with E-state index in [1.165, 1.54) is 7.11 Å². The number of halogens is 2. The molecule has 0 aromatic heterocycles. The first-order chi connectivity index (χ1) is 8.58. The fourth-order valence-corrected chi connectivity index (χ4v) is 1.57. The Balaban J connectivity index is 2.63. The molecular formula is C11H12Cl2N2O3. The van der Waals surface area contributed by atoms with E-state index in [9.17, 15) is 9.59 Å². The Morgan fingerprint density at radius 2 is 2.11 bits per heavy atom. The van der Waals surface area contributed by atoms with Gasteiger partial charge in [0.1, 0.15) is 11.6 Å². The summed E-state index contributed by atoms with van der Waals surface area (Å²) in [5, 5.41) is 5.01. The fourth-order valence-electron chi connectivity index (χ4n) is 1.27. The van der Waals surface area contributed by atoms with Crippen molar-refractivity contribution in [3.63, 3.8) is 0 Å². The molecular weight excluding hydrogens is 279 g/mol. The number of amides is 3. The van der Waals surface area contributed by atoms with Crippen LogP contribution < -0.4 is 15.4 Å². The zero-order valence-corrected chi connectivity index (χ0v) is 11.1. The Labute approximate surface area is 114 Å². The van der Waals surface area contributed by atoms with Crippen molar-refractivity contribution in [2.75, 3.05) is 13.0 Å². The number of alkyl halides is 1. The second-order valence-corrected chi connectivity index (χ2v) is 3.96. The molecule has 2 N–H and O–H groups in total. The summed E-state index contributed by atoms with van der Waals surface area (Å²) in [5.41, 5.74) is 0.634. The number of methoxy groups -OCH3 is 1. The molecule has 0 saturated carbocycles. The maximum atomic E-state index is 11.3. The van der Waals surface area contributed by atoms with E-state index in [-0.39, 0.29) is 12.4 Å². The number of hydrogen-bond donors (Lipinski definition) is 2. The topological polar surface area (TPSA) is 67.4 Å². The number of benzene rings is 1. The number of urea groups is 1. The quantitative estimate of drug-likeness (QED) is 0.833. The lowest BCUT2D eigenvalue weighted by atomic mass is 10.2. The van der Waals surface area contributed by atoms with Crippen LogP contribution in [0.5, 0.6) is 5.75 Å². The minimum Gasteiger partial charge on any atom is -0.496 e. The number of carbonyl (C=O) groups is 2. The lowest BCUT2D eigenvalue weighted by Crippen LogP contribution is -2.39. The van der Waals surface area contributed by atoms with E-state index in [0.717, 1.165) is 0 Å². The van der Waals surface area contributed by atoms with Crippen molar-refractivity contribution in [3.05, 3.63) is 28.8 Å². The van der Waals surface area contributed by atoms with E-state index in [2.05, 4.69) is 10.6 Å². The van der Waals surface area contributed by atoms with Crippen LogP contribution in [0.2, 0.25) is 5.02 Å². The molecule has 0 aliphatic heterocycles. The molecule has 0 radical (unpaired) electrons. The van der Waals surface area contributed by atoms with Gasteiger partial charge in [-0.2, -0.15) is 0 Å². The van der Waals surface area contributed by atoms with E-state index in [1.807, 2.05) is 0 Å². The summed E-state index contributed by atoms with van der Waals surface area (Å²) in [6, 6.07) is 4.51. The number of hydrogen-bond acceptors (Lipinski definition) is 3. The van der Waals surface area contributed by atoms with Gasteiger partial charge in [0.2, 0.25) is 5.91 Å². The average molecular weight is 291 g/mol. The van der Waals surface area contributed by atoms with Crippen molar-refractivity contribution in [1.82, 2.24) is 10.6 Å². The van der Waals surface area contributed by atoms with Crippen LogP contribution in [0.4, 0.5) is 4.79 Å². The maximum Gasteiger partial charge on any atom is 0.321 e. The molecule has 0 atom stereocenters. The fraction of sp³-hybridized carbons (Fsp3) is 0.273. The molecule has 0 fully saturated rings. The third kappa shape index (κ3) is 4.09. The second-order valence-electron chi connectivity index (χ2n) is 3.29. The van der Waals surface area contributed by atoms with Gasteiger partial charge in [-0.1, -0.05) is 17.7 Å². The maximum absolute atomic E-state index is 11.3. The molecule has 1 aromatic rings. The van der Waals surface area contributed by atoms with Crippen molar-refractivity contribution in [3.8, 4) is 5.75 Å². The average Bonchev–Trinajstić information content (AvgIpc) is 2.36. The third-order valence-corrected chi connectivity index (χ3v) is 2.69. The molecule has 98 valence electrons. The summed E-state index contributed by atoms with van der Waals surface area (Å²) in [4.78, 5) is 22.2. The molecule has 7 heteroatoms. The van der Waals surface area contributed by atoms with Gasteiger partial charge in [-0.25, -0.2) is 4.79 Å². The van der Waals surface area contributed by atoms with Crippen LogP contribution in [0, 0.1) is 0 Å². The van der Waals surface area contributed by atoms with Crippen molar-refractivity contribution >= 4 is 35.1 Å².